The van der Waals surface area contributed by atoms with Crippen molar-refractivity contribution >= 4 is 17.6 Å². The molecule has 2 aromatic rings. The Hall–Kier alpha value is -3.07. The fourth-order valence-corrected chi connectivity index (χ4v) is 2.69. The smallest absolute Gasteiger partial charge is 0.416 e. The molecule has 1 amide bonds. The van der Waals surface area contributed by atoms with Crippen molar-refractivity contribution in [2.45, 2.75) is 20.0 Å². The summed E-state index contributed by atoms with van der Waals surface area (Å²) in [6.45, 7) is 6.28. The summed E-state index contributed by atoms with van der Waals surface area (Å²) in [5.74, 6) is -1.07. The summed E-state index contributed by atoms with van der Waals surface area (Å²) in [7, 11) is 0. The van der Waals surface area contributed by atoms with E-state index in [2.05, 4.69) is 10.2 Å². The number of likely N-dealkylation sites (N-methyl/N-ethyl adjacent to an activating group) is 1. The highest BCUT2D eigenvalue weighted by atomic mass is 19.4. The van der Waals surface area contributed by atoms with Gasteiger partial charge in [-0.05, 0) is 55.6 Å². The van der Waals surface area contributed by atoms with Crippen LogP contribution < -0.4 is 10.1 Å². The van der Waals surface area contributed by atoms with Gasteiger partial charge in [0.05, 0.1) is 11.1 Å². The Morgan fingerprint density at radius 3 is 2.32 bits per heavy atom. The molecule has 0 aliphatic rings. The third-order valence-electron chi connectivity index (χ3n) is 4.47. The standard InChI is InChI=1S/C22H25F3N2O4/c1-3-27(4-2)12-13-30-21(29)16-8-10-18(11-9-16)26-20(28)15-31-19-7-5-6-17(14-19)22(23,24)25/h5-11,14H,3-4,12-13,15H2,1-2H3,(H,26,28). The third kappa shape index (κ3) is 7.93. The molecular weight excluding hydrogens is 413 g/mol. The first kappa shape index (κ1) is 24.2. The molecular formula is C22H25F3N2O4. The Bertz CT molecular complexity index is 866. The molecule has 0 unspecified atom stereocenters. The molecule has 0 aliphatic carbocycles. The van der Waals surface area contributed by atoms with Gasteiger partial charge in [0.1, 0.15) is 12.4 Å². The number of hydrogen-bond acceptors (Lipinski definition) is 5. The van der Waals surface area contributed by atoms with Gasteiger partial charge in [-0.15, -0.1) is 0 Å². The molecule has 6 nitrogen and oxygen atoms in total. The molecule has 2 aromatic carbocycles. The van der Waals surface area contributed by atoms with Gasteiger partial charge in [-0.1, -0.05) is 19.9 Å². The van der Waals surface area contributed by atoms with Gasteiger partial charge in [0.15, 0.2) is 6.61 Å². The first-order valence-corrected chi connectivity index (χ1v) is 9.82. The van der Waals surface area contributed by atoms with Crippen molar-refractivity contribution in [1.29, 1.82) is 0 Å². The van der Waals surface area contributed by atoms with Crippen molar-refractivity contribution in [3.8, 4) is 5.75 Å². The van der Waals surface area contributed by atoms with E-state index in [9.17, 15) is 22.8 Å². The molecule has 0 aromatic heterocycles. The van der Waals surface area contributed by atoms with Crippen LogP contribution in [0.1, 0.15) is 29.8 Å². The zero-order valence-electron chi connectivity index (χ0n) is 17.4. The molecule has 1 N–H and O–H groups in total. The number of alkyl halides is 3. The van der Waals surface area contributed by atoms with Crippen molar-refractivity contribution in [1.82, 2.24) is 4.90 Å². The minimum Gasteiger partial charge on any atom is -0.484 e. The number of ether oxygens (including phenoxy) is 2. The number of anilines is 1. The van der Waals surface area contributed by atoms with Gasteiger partial charge in [0.25, 0.3) is 5.91 Å². The van der Waals surface area contributed by atoms with Crippen molar-refractivity contribution in [3.63, 3.8) is 0 Å². The largest absolute Gasteiger partial charge is 0.484 e. The number of hydrogen-bond donors (Lipinski definition) is 1. The van der Waals surface area contributed by atoms with Gasteiger partial charge in [0, 0.05) is 12.2 Å². The van der Waals surface area contributed by atoms with E-state index in [4.69, 9.17) is 9.47 Å². The number of amides is 1. The molecule has 31 heavy (non-hydrogen) atoms. The number of rotatable bonds is 10. The van der Waals surface area contributed by atoms with Gasteiger partial charge in [-0.25, -0.2) is 4.79 Å². The van der Waals surface area contributed by atoms with E-state index in [0.717, 1.165) is 25.2 Å². The maximum absolute atomic E-state index is 12.7. The average Bonchev–Trinajstić information content (AvgIpc) is 2.75. The van der Waals surface area contributed by atoms with Crippen LogP contribution in [0.15, 0.2) is 48.5 Å². The normalized spacial score (nSPS) is 11.3. The van der Waals surface area contributed by atoms with Crippen molar-refractivity contribution in [2.75, 3.05) is 38.2 Å². The molecule has 0 fully saturated rings. The Labute approximate surface area is 178 Å². The second-order valence-corrected chi connectivity index (χ2v) is 6.60. The molecule has 168 valence electrons. The van der Waals surface area contributed by atoms with Crippen LogP contribution in [0.4, 0.5) is 18.9 Å². The molecule has 0 radical (unpaired) electrons. The molecule has 0 spiro atoms. The molecule has 0 bridgehead atoms. The fourth-order valence-electron chi connectivity index (χ4n) is 2.69. The summed E-state index contributed by atoms with van der Waals surface area (Å²) in [6.07, 6.45) is -4.49. The zero-order chi connectivity index (χ0) is 22.9. The van der Waals surface area contributed by atoms with Crippen molar-refractivity contribution < 1.29 is 32.2 Å². The molecule has 0 saturated heterocycles. The molecule has 0 aliphatic heterocycles. The van der Waals surface area contributed by atoms with Crippen molar-refractivity contribution in [3.05, 3.63) is 59.7 Å². The van der Waals surface area contributed by atoms with Gasteiger partial charge >= 0.3 is 12.1 Å². The fraction of sp³-hybridized carbons (Fsp3) is 0.364. The highest BCUT2D eigenvalue weighted by Crippen LogP contribution is 2.31. The van der Waals surface area contributed by atoms with E-state index in [1.807, 2.05) is 13.8 Å². The lowest BCUT2D eigenvalue weighted by molar-refractivity contribution is -0.137. The number of nitrogens with zero attached hydrogens (tertiary/aromatic N) is 1. The lowest BCUT2D eigenvalue weighted by atomic mass is 10.2. The minimum absolute atomic E-state index is 0.0622. The van der Waals surface area contributed by atoms with Crippen LogP contribution >= 0.6 is 0 Å². The van der Waals surface area contributed by atoms with E-state index in [-0.39, 0.29) is 12.4 Å². The number of carbonyl (C=O) groups is 2. The number of esters is 1. The predicted octanol–water partition coefficient (Wildman–Crippen LogP) is 4.22. The number of benzene rings is 2. The Morgan fingerprint density at radius 1 is 1.03 bits per heavy atom. The molecule has 0 saturated carbocycles. The summed E-state index contributed by atoms with van der Waals surface area (Å²) in [5, 5.41) is 2.55. The Morgan fingerprint density at radius 2 is 1.71 bits per heavy atom. The second kappa shape index (κ2) is 11.4. The maximum atomic E-state index is 12.7. The van der Waals surface area contributed by atoms with E-state index in [0.29, 0.717) is 17.8 Å². The van der Waals surface area contributed by atoms with E-state index < -0.39 is 30.2 Å². The SMILES string of the molecule is CCN(CC)CCOC(=O)c1ccc(NC(=O)COc2cccc(C(F)(F)F)c2)cc1. The molecule has 0 atom stereocenters. The van der Waals surface area contributed by atoms with Crippen molar-refractivity contribution in [2.24, 2.45) is 0 Å². The minimum atomic E-state index is -4.49. The highest BCUT2D eigenvalue weighted by molar-refractivity contribution is 5.93. The highest BCUT2D eigenvalue weighted by Gasteiger charge is 2.30. The topological polar surface area (TPSA) is 67.9 Å². The number of nitrogens with one attached hydrogen (secondary N) is 1. The third-order valence-corrected chi connectivity index (χ3v) is 4.47. The van der Waals surface area contributed by atoms with E-state index >= 15 is 0 Å². The average molecular weight is 438 g/mol. The summed E-state index contributed by atoms with van der Waals surface area (Å²) in [5.41, 5.74) is -0.0972. The van der Waals surface area contributed by atoms with Crippen LogP contribution in [-0.4, -0.2) is 49.6 Å². The maximum Gasteiger partial charge on any atom is 0.416 e. The van der Waals surface area contributed by atoms with Gasteiger partial charge in [-0.2, -0.15) is 13.2 Å². The van der Waals surface area contributed by atoms with Crippen LogP contribution in [-0.2, 0) is 15.7 Å². The van der Waals surface area contributed by atoms with E-state index in [1.54, 1.807) is 0 Å². The second-order valence-electron chi connectivity index (χ2n) is 6.60. The van der Waals surface area contributed by atoms with Crippen LogP contribution in [0.25, 0.3) is 0 Å². The molecule has 9 heteroatoms. The van der Waals surface area contributed by atoms with Crippen LogP contribution in [0, 0.1) is 0 Å². The monoisotopic (exact) mass is 438 g/mol. The lowest BCUT2D eigenvalue weighted by Crippen LogP contribution is -2.27. The molecule has 2 rings (SSSR count). The summed E-state index contributed by atoms with van der Waals surface area (Å²) < 4.78 is 48.5. The predicted molar refractivity (Wildman–Crippen MR) is 110 cm³/mol. The van der Waals surface area contributed by atoms with Gasteiger partial charge in [0.2, 0.25) is 0 Å². The zero-order valence-corrected chi connectivity index (χ0v) is 17.4. The van der Waals surface area contributed by atoms with Gasteiger partial charge < -0.3 is 19.7 Å². The Kier molecular flexibility index (Phi) is 8.87. The number of carbonyl (C=O) groups excluding carboxylic acids is 2. The van der Waals surface area contributed by atoms with Crippen LogP contribution in [0.3, 0.4) is 0 Å². The lowest BCUT2D eigenvalue weighted by Gasteiger charge is -2.17. The molecule has 0 heterocycles. The number of halogens is 3. The van der Waals surface area contributed by atoms with E-state index in [1.165, 1.54) is 36.4 Å². The first-order chi connectivity index (χ1) is 14.7. The van der Waals surface area contributed by atoms with Gasteiger partial charge in [-0.3, -0.25) is 4.79 Å². The van der Waals surface area contributed by atoms with Crippen LogP contribution in [0.2, 0.25) is 0 Å². The summed E-state index contributed by atoms with van der Waals surface area (Å²) in [6, 6.07) is 10.4. The Balaban J connectivity index is 1.82. The summed E-state index contributed by atoms with van der Waals surface area (Å²) >= 11 is 0. The first-order valence-electron chi connectivity index (χ1n) is 9.82. The summed E-state index contributed by atoms with van der Waals surface area (Å²) in [4.78, 5) is 26.2. The van der Waals surface area contributed by atoms with Crippen LogP contribution in [0.5, 0.6) is 5.75 Å². The quantitative estimate of drug-likeness (QED) is 0.563.